The fourth-order valence-electron chi connectivity index (χ4n) is 3.13. The lowest BCUT2D eigenvalue weighted by Gasteiger charge is -2.33. The quantitative estimate of drug-likeness (QED) is 0.441. The summed E-state index contributed by atoms with van der Waals surface area (Å²) in [6.07, 6.45) is 8.67. The number of carbonyl (C=O) groups is 3. The van der Waals surface area contributed by atoms with E-state index >= 15 is 0 Å². The zero-order valence-corrected chi connectivity index (χ0v) is 12.6. The van der Waals surface area contributed by atoms with Gasteiger partial charge in [0.15, 0.2) is 0 Å². The second kappa shape index (κ2) is 7.56. The van der Waals surface area contributed by atoms with Crippen molar-refractivity contribution in [3.05, 3.63) is 12.2 Å². The third-order valence-electron chi connectivity index (χ3n) is 4.23. The Kier molecular flexibility index (Phi) is 5.76. The summed E-state index contributed by atoms with van der Waals surface area (Å²) >= 11 is 5.18. The lowest BCUT2D eigenvalue weighted by molar-refractivity contribution is -0.140. The number of imide groups is 1. The first-order valence-electron chi connectivity index (χ1n) is 7.31. The van der Waals surface area contributed by atoms with Gasteiger partial charge in [-0.2, -0.15) is 0 Å². The topological polar surface area (TPSA) is 78.5 Å². The van der Waals surface area contributed by atoms with Crippen molar-refractivity contribution < 1.29 is 14.4 Å². The van der Waals surface area contributed by atoms with Gasteiger partial charge in [0.1, 0.15) is 0 Å². The van der Waals surface area contributed by atoms with Gasteiger partial charge in [-0.1, -0.05) is 0 Å². The summed E-state index contributed by atoms with van der Waals surface area (Å²) in [5.74, 6) is 0.0826. The van der Waals surface area contributed by atoms with Crippen molar-refractivity contribution in [2.24, 2.45) is 5.92 Å². The Labute approximate surface area is 129 Å². The van der Waals surface area contributed by atoms with E-state index in [9.17, 15) is 14.4 Å². The SMILES string of the molecule is O=C(CCCC1CCC(N2C(=O)C=CC2=O)CC1)NNCl. The standard InChI is InChI=1S/C14H20ClN3O3/c15-17-16-12(19)3-1-2-10-4-6-11(7-5-10)18-13(20)8-9-14(18)21/h8-11,17H,1-7H2,(H,16,19). The number of carbonyl (C=O) groups excluding carboxylic acids is 3. The van der Waals surface area contributed by atoms with E-state index in [-0.39, 0.29) is 23.8 Å². The molecule has 0 aromatic carbocycles. The average molecular weight is 314 g/mol. The van der Waals surface area contributed by atoms with E-state index < -0.39 is 0 Å². The minimum absolute atomic E-state index is 0.0417. The molecule has 1 heterocycles. The van der Waals surface area contributed by atoms with Crippen LogP contribution in [0.25, 0.3) is 0 Å². The summed E-state index contributed by atoms with van der Waals surface area (Å²) in [5.41, 5.74) is 2.33. The highest BCUT2D eigenvalue weighted by Gasteiger charge is 2.33. The van der Waals surface area contributed by atoms with Crippen LogP contribution in [0.3, 0.4) is 0 Å². The minimum atomic E-state index is -0.186. The number of rotatable bonds is 6. The van der Waals surface area contributed by atoms with Gasteiger partial charge < -0.3 is 0 Å². The Hall–Kier alpha value is -1.40. The summed E-state index contributed by atoms with van der Waals surface area (Å²) in [6.45, 7) is 0. The minimum Gasteiger partial charge on any atom is -0.277 e. The molecule has 116 valence electrons. The molecule has 2 rings (SSSR count). The molecule has 3 amide bonds. The molecule has 21 heavy (non-hydrogen) atoms. The zero-order valence-electron chi connectivity index (χ0n) is 11.8. The van der Waals surface area contributed by atoms with Gasteiger partial charge in [-0.25, -0.2) is 0 Å². The fourth-order valence-corrected chi connectivity index (χ4v) is 3.24. The normalized spacial score (nSPS) is 25.5. The van der Waals surface area contributed by atoms with Crippen LogP contribution in [0.5, 0.6) is 0 Å². The highest BCUT2D eigenvalue weighted by molar-refractivity contribution is 6.14. The summed E-state index contributed by atoms with van der Waals surface area (Å²) in [5, 5.41) is 0. The Morgan fingerprint density at radius 2 is 1.81 bits per heavy atom. The number of nitrogens with one attached hydrogen (secondary N) is 2. The number of hydrogen-bond acceptors (Lipinski definition) is 4. The molecule has 0 spiro atoms. The van der Waals surface area contributed by atoms with Crippen molar-refractivity contribution in [2.45, 2.75) is 51.0 Å². The molecule has 7 heteroatoms. The smallest absolute Gasteiger partial charge is 0.253 e. The summed E-state index contributed by atoms with van der Waals surface area (Å²) < 4.78 is 0. The molecular formula is C14H20ClN3O3. The summed E-state index contributed by atoms with van der Waals surface area (Å²) in [7, 11) is 0. The largest absolute Gasteiger partial charge is 0.277 e. The Balaban J connectivity index is 1.68. The van der Waals surface area contributed by atoms with Gasteiger partial charge in [0.2, 0.25) is 5.91 Å². The van der Waals surface area contributed by atoms with Crippen LogP contribution in [0.2, 0.25) is 0 Å². The Morgan fingerprint density at radius 1 is 1.19 bits per heavy atom. The molecule has 0 aromatic heterocycles. The van der Waals surface area contributed by atoms with E-state index in [4.69, 9.17) is 11.8 Å². The predicted octanol–water partition coefficient (Wildman–Crippen LogP) is 1.42. The highest BCUT2D eigenvalue weighted by atomic mass is 35.5. The van der Waals surface area contributed by atoms with Gasteiger partial charge in [-0.3, -0.25) is 24.7 Å². The first kappa shape index (κ1) is 16.0. The highest BCUT2D eigenvalue weighted by Crippen LogP contribution is 2.31. The van der Waals surface area contributed by atoms with Gasteiger partial charge in [-0.15, -0.1) is 4.94 Å². The molecule has 0 bridgehead atoms. The maximum atomic E-state index is 11.6. The van der Waals surface area contributed by atoms with E-state index in [1.54, 1.807) is 0 Å². The van der Waals surface area contributed by atoms with Crippen LogP contribution >= 0.6 is 11.8 Å². The molecule has 2 N–H and O–H groups in total. The third-order valence-corrected chi connectivity index (χ3v) is 4.32. The van der Waals surface area contributed by atoms with Crippen molar-refractivity contribution in [2.75, 3.05) is 0 Å². The number of halogens is 1. The molecule has 0 radical (unpaired) electrons. The molecule has 2 aliphatic rings. The zero-order chi connectivity index (χ0) is 15.2. The van der Waals surface area contributed by atoms with E-state index in [1.165, 1.54) is 17.1 Å². The van der Waals surface area contributed by atoms with Crippen molar-refractivity contribution in [3.63, 3.8) is 0 Å². The van der Waals surface area contributed by atoms with E-state index in [0.717, 1.165) is 38.5 Å². The second-order valence-corrected chi connectivity index (χ2v) is 5.78. The molecule has 0 atom stereocenters. The molecule has 1 aliphatic carbocycles. The molecule has 0 saturated heterocycles. The van der Waals surface area contributed by atoms with Crippen LogP contribution in [-0.4, -0.2) is 28.7 Å². The lowest BCUT2D eigenvalue weighted by Crippen LogP contribution is -2.42. The fraction of sp³-hybridized carbons (Fsp3) is 0.643. The third kappa shape index (κ3) is 4.28. The maximum Gasteiger partial charge on any atom is 0.253 e. The molecule has 1 fully saturated rings. The van der Waals surface area contributed by atoms with Gasteiger partial charge in [0.25, 0.3) is 11.8 Å². The van der Waals surface area contributed by atoms with Gasteiger partial charge in [0.05, 0.1) is 0 Å². The monoisotopic (exact) mass is 313 g/mol. The molecule has 6 nitrogen and oxygen atoms in total. The average Bonchev–Trinajstić information content (AvgIpc) is 2.79. The van der Waals surface area contributed by atoms with Crippen molar-refractivity contribution in [1.29, 1.82) is 0 Å². The molecule has 1 saturated carbocycles. The van der Waals surface area contributed by atoms with Crippen molar-refractivity contribution in [1.82, 2.24) is 15.3 Å². The number of hydrazine groups is 1. The number of hydrogen-bond donors (Lipinski definition) is 2. The van der Waals surface area contributed by atoms with Gasteiger partial charge >= 0.3 is 0 Å². The summed E-state index contributed by atoms with van der Waals surface area (Å²) in [6, 6.07) is 0.0417. The number of amides is 3. The van der Waals surface area contributed by atoms with Crippen LogP contribution in [0.15, 0.2) is 12.2 Å². The number of nitrogens with zero attached hydrogens (tertiary/aromatic N) is 1. The van der Waals surface area contributed by atoms with E-state index in [2.05, 4.69) is 10.4 Å². The predicted molar refractivity (Wildman–Crippen MR) is 77.7 cm³/mol. The Bertz CT molecular complexity index is 427. The van der Waals surface area contributed by atoms with Gasteiger partial charge in [-0.05, 0) is 56.2 Å². The molecule has 0 unspecified atom stereocenters. The van der Waals surface area contributed by atoms with Crippen molar-refractivity contribution >= 4 is 29.5 Å². The van der Waals surface area contributed by atoms with Crippen LogP contribution in [0.1, 0.15) is 44.9 Å². The Morgan fingerprint density at radius 3 is 2.38 bits per heavy atom. The van der Waals surface area contributed by atoms with E-state index in [1.807, 2.05) is 0 Å². The molecule has 0 aromatic rings. The molecule has 1 aliphatic heterocycles. The van der Waals surface area contributed by atoms with Crippen LogP contribution in [0.4, 0.5) is 0 Å². The van der Waals surface area contributed by atoms with Crippen LogP contribution in [-0.2, 0) is 14.4 Å². The van der Waals surface area contributed by atoms with Gasteiger partial charge in [0, 0.05) is 24.6 Å². The lowest BCUT2D eigenvalue weighted by atomic mass is 9.82. The van der Waals surface area contributed by atoms with Crippen molar-refractivity contribution in [3.8, 4) is 0 Å². The first-order valence-corrected chi connectivity index (χ1v) is 7.69. The van der Waals surface area contributed by atoms with E-state index in [0.29, 0.717) is 12.3 Å². The van der Waals surface area contributed by atoms with Crippen LogP contribution < -0.4 is 10.4 Å². The second-order valence-electron chi connectivity index (χ2n) is 5.59. The summed E-state index contributed by atoms with van der Waals surface area (Å²) in [4.78, 5) is 38.0. The first-order chi connectivity index (χ1) is 10.1. The van der Waals surface area contributed by atoms with Crippen LogP contribution in [0, 0.1) is 5.92 Å². The molecular weight excluding hydrogens is 294 g/mol. The maximum absolute atomic E-state index is 11.6.